The normalized spacial score (nSPS) is 19.8. The number of rotatable bonds is 9. The zero-order chi connectivity index (χ0) is 12.7. The Kier molecular flexibility index (Phi) is 6.22. The van der Waals surface area contributed by atoms with E-state index in [1.165, 1.54) is 0 Å². The van der Waals surface area contributed by atoms with Gasteiger partial charge in [0.05, 0.1) is 19.8 Å². The molecule has 1 aliphatic heterocycles. The first-order valence-corrected chi connectivity index (χ1v) is 6.11. The predicted molar refractivity (Wildman–Crippen MR) is 64.7 cm³/mol. The summed E-state index contributed by atoms with van der Waals surface area (Å²) in [5.74, 6) is 0.187. The minimum absolute atomic E-state index is 0.306. The van der Waals surface area contributed by atoms with Crippen LogP contribution in [-0.4, -0.2) is 38.5 Å². The molecule has 0 radical (unpaired) electrons. The van der Waals surface area contributed by atoms with Crippen LogP contribution in [0.2, 0.25) is 0 Å². The fourth-order valence-corrected chi connectivity index (χ4v) is 1.28. The Morgan fingerprint density at radius 3 is 2.71 bits per heavy atom. The van der Waals surface area contributed by atoms with Gasteiger partial charge in [-0.1, -0.05) is 13.5 Å². The Balaban J connectivity index is 1.90. The predicted octanol–water partition coefficient (Wildman–Crippen LogP) is 1.94. The first-order valence-electron chi connectivity index (χ1n) is 6.11. The van der Waals surface area contributed by atoms with Crippen LogP contribution in [0.3, 0.4) is 0 Å². The van der Waals surface area contributed by atoms with Crippen molar-refractivity contribution >= 4 is 5.97 Å². The number of carbonyl (C=O) groups excluding carboxylic acids is 1. The molecule has 4 heteroatoms. The van der Waals surface area contributed by atoms with Crippen molar-refractivity contribution in [3.05, 3.63) is 12.2 Å². The maximum atomic E-state index is 11.1. The summed E-state index contributed by atoms with van der Waals surface area (Å²) in [5, 5.41) is 0. The summed E-state index contributed by atoms with van der Waals surface area (Å²) in [7, 11) is 0. The second kappa shape index (κ2) is 7.45. The van der Waals surface area contributed by atoms with Gasteiger partial charge in [0.15, 0.2) is 0 Å². The van der Waals surface area contributed by atoms with E-state index in [0.717, 1.165) is 26.1 Å². The molecular weight excluding hydrogens is 220 g/mol. The topological polar surface area (TPSA) is 48.1 Å². The second-order valence-electron chi connectivity index (χ2n) is 4.63. The quantitative estimate of drug-likeness (QED) is 0.268. The lowest BCUT2D eigenvalue weighted by Gasteiger charge is -2.11. The monoisotopic (exact) mass is 242 g/mol. The van der Waals surface area contributed by atoms with E-state index in [9.17, 15) is 4.79 Å². The maximum absolute atomic E-state index is 11.1. The average Bonchev–Trinajstić information content (AvgIpc) is 3.08. The summed E-state index contributed by atoms with van der Waals surface area (Å²) in [6.45, 7) is 10.1. The van der Waals surface area contributed by atoms with E-state index < -0.39 is 0 Å². The molecule has 2 unspecified atom stereocenters. The number of ether oxygens (including phenoxy) is 3. The minimum atomic E-state index is -0.306. The molecule has 0 aromatic carbocycles. The Labute approximate surface area is 103 Å². The summed E-state index contributed by atoms with van der Waals surface area (Å²) in [5.41, 5.74) is 0.449. The van der Waals surface area contributed by atoms with Gasteiger partial charge in [-0.2, -0.15) is 0 Å². The summed E-state index contributed by atoms with van der Waals surface area (Å²) in [6, 6.07) is 0. The number of carbonyl (C=O) groups is 1. The van der Waals surface area contributed by atoms with Crippen molar-refractivity contribution in [1.29, 1.82) is 0 Å². The van der Waals surface area contributed by atoms with Crippen LogP contribution >= 0.6 is 0 Å². The lowest BCUT2D eigenvalue weighted by atomic mass is 10.1. The van der Waals surface area contributed by atoms with Crippen LogP contribution in [0, 0.1) is 5.92 Å². The van der Waals surface area contributed by atoms with Crippen molar-refractivity contribution in [3.63, 3.8) is 0 Å². The molecule has 17 heavy (non-hydrogen) atoms. The van der Waals surface area contributed by atoms with Gasteiger partial charge in [-0.15, -0.1) is 0 Å². The highest BCUT2D eigenvalue weighted by Gasteiger charge is 2.22. The molecule has 0 saturated carbocycles. The molecule has 98 valence electrons. The molecule has 0 aromatic heterocycles. The summed E-state index contributed by atoms with van der Waals surface area (Å²) >= 11 is 0. The van der Waals surface area contributed by atoms with E-state index in [-0.39, 0.29) is 5.97 Å². The van der Waals surface area contributed by atoms with Crippen LogP contribution in [0.25, 0.3) is 0 Å². The first kappa shape index (κ1) is 14.2. The fourth-order valence-electron chi connectivity index (χ4n) is 1.28. The minimum Gasteiger partial charge on any atom is -0.462 e. The van der Waals surface area contributed by atoms with Crippen LogP contribution in [0.4, 0.5) is 0 Å². The molecule has 1 saturated heterocycles. The van der Waals surface area contributed by atoms with Crippen molar-refractivity contribution < 1.29 is 19.0 Å². The third-order valence-corrected chi connectivity index (χ3v) is 2.65. The maximum Gasteiger partial charge on any atom is 0.333 e. The van der Waals surface area contributed by atoms with E-state index in [1.807, 2.05) is 0 Å². The Morgan fingerprint density at radius 1 is 1.47 bits per heavy atom. The van der Waals surface area contributed by atoms with Crippen LogP contribution < -0.4 is 0 Å². The van der Waals surface area contributed by atoms with Gasteiger partial charge in [0.1, 0.15) is 6.10 Å². The van der Waals surface area contributed by atoms with Gasteiger partial charge in [0.2, 0.25) is 0 Å². The van der Waals surface area contributed by atoms with E-state index in [4.69, 9.17) is 14.2 Å². The first-order chi connectivity index (χ1) is 8.09. The number of epoxide rings is 1. The molecule has 0 amide bonds. The zero-order valence-electron chi connectivity index (χ0n) is 10.7. The highest BCUT2D eigenvalue weighted by atomic mass is 16.6. The lowest BCUT2D eigenvalue weighted by Crippen LogP contribution is -2.11. The van der Waals surface area contributed by atoms with Gasteiger partial charge < -0.3 is 14.2 Å². The Morgan fingerprint density at radius 2 is 2.12 bits per heavy atom. The molecule has 0 bridgehead atoms. The number of esters is 1. The number of hydrogen-bond acceptors (Lipinski definition) is 4. The van der Waals surface area contributed by atoms with Crippen LogP contribution in [0.15, 0.2) is 12.2 Å². The van der Waals surface area contributed by atoms with E-state index >= 15 is 0 Å². The fraction of sp³-hybridized carbons (Fsp3) is 0.769. The van der Waals surface area contributed by atoms with Gasteiger partial charge in [-0.3, -0.25) is 0 Å². The van der Waals surface area contributed by atoms with Gasteiger partial charge in [0.25, 0.3) is 0 Å². The van der Waals surface area contributed by atoms with Crippen molar-refractivity contribution in [2.45, 2.75) is 32.8 Å². The smallest absolute Gasteiger partial charge is 0.333 e. The standard InChI is InChI=1S/C13H22O4/c1-10(2)13(14)16-7-5-11(3)4-6-15-8-12-9-17-12/h11-12H,1,4-9H2,2-3H3. The molecule has 0 N–H and O–H groups in total. The molecule has 0 aliphatic carbocycles. The van der Waals surface area contributed by atoms with Crippen LogP contribution in [0.1, 0.15) is 26.7 Å². The SMILES string of the molecule is C=C(C)C(=O)OCCC(C)CCOCC1CO1. The highest BCUT2D eigenvalue weighted by molar-refractivity contribution is 5.86. The molecule has 0 aromatic rings. The molecule has 1 rings (SSSR count). The molecular formula is C13H22O4. The van der Waals surface area contributed by atoms with Gasteiger partial charge >= 0.3 is 5.97 Å². The van der Waals surface area contributed by atoms with Gasteiger partial charge in [-0.25, -0.2) is 4.79 Å². The van der Waals surface area contributed by atoms with E-state index in [2.05, 4.69) is 13.5 Å². The van der Waals surface area contributed by atoms with Crippen molar-refractivity contribution in [2.75, 3.05) is 26.4 Å². The summed E-state index contributed by atoms with van der Waals surface area (Å²) < 4.78 is 15.5. The second-order valence-corrected chi connectivity index (χ2v) is 4.63. The van der Waals surface area contributed by atoms with E-state index in [1.54, 1.807) is 6.92 Å². The average molecular weight is 242 g/mol. The molecule has 1 fully saturated rings. The largest absolute Gasteiger partial charge is 0.462 e. The van der Waals surface area contributed by atoms with Gasteiger partial charge in [0, 0.05) is 12.2 Å². The third kappa shape index (κ3) is 7.13. The third-order valence-electron chi connectivity index (χ3n) is 2.65. The van der Waals surface area contributed by atoms with E-state index in [0.29, 0.717) is 30.8 Å². The Bertz CT molecular complexity index is 258. The highest BCUT2D eigenvalue weighted by Crippen LogP contribution is 2.11. The Hall–Kier alpha value is -0.870. The van der Waals surface area contributed by atoms with Crippen molar-refractivity contribution in [2.24, 2.45) is 5.92 Å². The lowest BCUT2D eigenvalue weighted by molar-refractivity contribution is -0.139. The van der Waals surface area contributed by atoms with Gasteiger partial charge in [-0.05, 0) is 25.7 Å². The molecule has 1 heterocycles. The van der Waals surface area contributed by atoms with Crippen LogP contribution in [0.5, 0.6) is 0 Å². The number of hydrogen-bond donors (Lipinski definition) is 0. The zero-order valence-corrected chi connectivity index (χ0v) is 10.7. The van der Waals surface area contributed by atoms with Crippen molar-refractivity contribution in [1.82, 2.24) is 0 Å². The summed E-state index contributed by atoms with van der Waals surface area (Å²) in [4.78, 5) is 11.1. The molecule has 4 nitrogen and oxygen atoms in total. The van der Waals surface area contributed by atoms with Crippen LogP contribution in [-0.2, 0) is 19.0 Å². The van der Waals surface area contributed by atoms with Crippen molar-refractivity contribution in [3.8, 4) is 0 Å². The summed E-state index contributed by atoms with van der Waals surface area (Å²) in [6.07, 6.45) is 2.18. The molecule has 1 aliphatic rings. The molecule has 2 atom stereocenters. The molecule has 0 spiro atoms.